The molecule has 0 bridgehead atoms. The predicted octanol–water partition coefficient (Wildman–Crippen LogP) is 3.28. The van der Waals surface area contributed by atoms with Crippen LogP contribution >= 0.6 is 24.0 Å². The minimum Gasteiger partial charge on any atom is -0.490 e. The molecule has 0 aliphatic carbocycles. The first kappa shape index (κ1) is 19.1. The van der Waals surface area contributed by atoms with Crippen LogP contribution in [-0.2, 0) is 0 Å². The first-order valence-electron chi connectivity index (χ1n) is 7.45. The number of rotatable bonds is 4. The number of halogens is 2. The lowest BCUT2D eigenvalue weighted by Gasteiger charge is -2.30. The Labute approximate surface area is 143 Å². The number of amides is 1. The summed E-state index contributed by atoms with van der Waals surface area (Å²) in [5.41, 5.74) is 0.494. The van der Waals surface area contributed by atoms with E-state index in [1.807, 2.05) is 13.8 Å². The molecule has 2 unspecified atom stereocenters. The summed E-state index contributed by atoms with van der Waals surface area (Å²) < 4.78 is 5.70. The molecule has 4 nitrogen and oxygen atoms in total. The number of carbonyl (C=O) groups is 1. The van der Waals surface area contributed by atoms with Gasteiger partial charge in [0.05, 0.1) is 11.7 Å². The van der Waals surface area contributed by atoms with Gasteiger partial charge in [0.15, 0.2) is 0 Å². The quantitative estimate of drug-likeness (QED) is 0.879. The summed E-state index contributed by atoms with van der Waals surface area (Å²) in [5, 5.41) is 6.93. The Morgan fingerprint density at radius 2 is 2.18 bits per heavy atom. The van der Waals surface area contributed by atoms with Gasteiger partial charge in [0.25, 0.3) is 5.91 Å². The van der Waals surface area contributed by atoms with E-state index in [0.29, 0.717) is 22.3 Å². The molecule has 1 aromatic rings. The van der Waals surface area contributed by atoms with Crippen LogP contribution in [0.3, 0.4) is 0 Å². The van der Waals surface area contributed by atoms with Gasteiger partial charge in [-0.25, -0.2) is 0 Å². The van der Waals surface area contributed by atoms with E-state index in [9.17, 15) is 4.79 Å². The van der Waals surface area contributed by atoms with Crippen LogP contribution in [-0.4, -0.2) is 31.1 Å². The number of hydrogen-bond acceptors (Lipinski definition) is 3. The van der Waals surface area contributed by atoms with Crippen molar-refractivity contribution >= 4 is 29.9 Å². The van der Waals surface area contributed by atoms with E-state index >= 15 is 0 Å². The predicted molar refractivity (Wildman–Crippen MR) is 92.4 cm³/mol. The van der Waals surface area contributed by atoms with Gasteiger partial charge in [-0.15, -0.1) is 12.4 Å². The molecule has 1 aromatic carbocycles. The normalized spacial score (nSPS) is 21.1. The van der Waals surface area contributed by atoms with E-state index in [-0.39, 0.29) is 30.5 Å². The van der Waals surface area contributed by atoms with Crippen molar-refractivity contribution in [2.75, 3.05) is 13.1 Å². The highest BCUT2D eigenvalue weighted by atomic mass is 35.5. The first-order valence-corrected chi connectivity index (χ1v) is 7.83. The van der Waals surface area contributed by atoms with Gasteiger partial charge >= 0.3 is 0 Å². The van der Waals surface area contributed by atoms with Crippen molar-refractivity contribution < 1.29 is 9.53 Å². The Bertz CT molecular complexity index is 509. The van der Waals surface area contributed by atoms with Crippen LogP contribution in [0.25, 0.3) is 0 Å². The minimum atomic E-state index is -0.131. The molecule has 2 rings (SSSR count). The van der Waals surface area contributed by atoms with Gasteiger partial charge in [-0.05, 0) is 50.9 Å². The first-order chi connectivity index (χ1) is 9.97. The smallest absolute Gasteiger partial charge is 0.255 e. The summed E-state index contributed by atoms with van der Waals surface area (Å²) in [6, 6.07) is 5.29. The monoisotopic (exact) mass is 346 g/mol. The lowest BCUT2D eigenvalue weighted by molar-refractivity contribution is 0.0909. The van der Waals surface area contributed by atoms with Crippen molar-refractivity contribution in [3.05, 3.63) is 28.8 Å². The number of hydrogen-bond donors (Lipinski definition) is 2. The molecule has 0 saturated carbocycles. The van der Waals surface area contributed by atoms with E-state index in [4.69, 9.17) is 16.3 Å². The Morgan fingerprint density at radius 1 is 1.45 bits per heavy atom. The van der Waals surface area contributed by atoms with Gasteiger partial charge in [-0.3, -0.25) is 4.79 Å². The number of benzene rings is 1. The van der Waals surface area contributed by atoms with Gasteiger partial charge in [-0.1, -0.05) is 18.5 Å². The van der Waals surface area contributed by atoms with Crippen LogP contribution in [0, 0.1) is 5.92 Å². The fourth-order valence-electron chi connectivity index (χ4n) is 2.47. The number of piperidine rings is 1. The molecule has 22 heavy (non-hydrogen) atoms. The second kappa shape index (κ2) is 8.61. The average molecular weight is 347 g/mol. The zero-order valence-corrected chi connectivity index (χ0v) is 14.8. The van der Waals surface area contributed by atoms with Gasteiger partial charge in [0.1, 0.15) is 5.75 Å². The van der Waals surface area contributed by atoms with Crippen LogP contribution < -0.4 is 15.4 Å². The van der Waals surface area contributed by atoms with Crippen LogP contribution in [0.1, 0.15) is 37.6 Å². The molecule has 2 N–H and O–H groups in total. The van der Waals surface area contributed by atoms with Crippen molar-refractivity contribution in [2.45, 2.75) is 39.3 Å². The second-order valence-corrected chi connectivity index (χ2v) is 6.29. The summed E-state index contributed by atoms with van der Waals surface area (Å²) >= 11 is 6.02. The molecule has 1 amide bonds. The molecular weight excluding hydrogens is 323 g/mol. The largest absolute Gasteiger partial charge is 0.490 e. The zero-order valence-electron chi connectivity index (χ0n) is 13.2. The molecule has 2 atom stereocenters. The van der Waals surface area contributed by atoms with Crippen LogP contribution in [0.4, 0.5) is 0 Å². The highest BCUT2D eigenvalue weighted by Gasteiger charge is 2.24. The average Bonchev–Trinajstić information content (AvgIpc) is 2.43. The van der Waals surface area contributed by atoms with Crippen molar-refractivity contribution in [1.82, 2.24) is 10.6 Å². The fourth-order valence-corrected chi connectivity index (χ4v) is 2.64. The topological polar surface area (TPSA) is 50.4 Å². The Morgan fingerprint density at radius 3 is 2.82 bits per heavy atom. The summed E-state index contributed by atoms with van der Waals surface area (Å²) in [7, 11) is 0. The number of carbonyl (C=O) groups excluding carboxylic acids is 1. The maximum absolute atomic E-state index is 12.5. The highest BCUT2D eigenvalue weighted by Crippen LogP contribution is 2.24. The number of nitrogens with one attached hydrogen (secondary N) is 2. The maximum atomic E-state index is 12.5. The molecule has 6 heteroatoms. The third-order valence-corrected chi connectivity index (χ3v) is 3.93. The summed E-state index contributed by atoms with van der Waals surface area (Å²) in [5.74, 6) is 0.904. The molecule has 124 valence electrons. The highest BCUT2D eigenvalue weighted by molar-refractivity contribution is 6.31. The van der Waals surface area contributed by atoms with Crippen molar-refractivity contribution in [3.63, 3.8) is 0 Å². The van der Waals surface area contributed by atoms with E-state index in [1.165, 1.54) is 0 Å². The zero-order chi connectivity index (χ0) is 15.4. The van der Waals surface area contributed by atoms with E-state index in [1.54, 1.807) is 18.2 Å². The molecule has 0 aromatic heterocycles. The van der Waals surface area contributed by atoms with E-state index in [0.717, 1.165) is 19.5 Å². The minimum absolute atomic E-state index is 0. The molecule has 0 spiro atoms. The van der Waals surface area contributed by atoms with E-state index < -0.39 is 0 Å². The van der Waals surface area contributed by atoms with Crippen LogP contribution in [0.15, 0.2) is 18.2 Å². The molecule has 1 aliphatic rings. The summed E-state index contributed by atoms with van der Waals surface area (Å²) in [6.45, 7) is 7.84. The Hall–Kier alpha value is -0.970. The summed E-state index contributed by atoms with van der Waals surface area (Å²) in [6.07, 6.45) is 1.07. The van der Waals surface area contributed by atoms with Gasteiger partial charge in [0.2, 0.25) is 0 Å². The standard InChI is InChI=1S/C16H23ClN2O2.ClH/c1-10(2)21-15-5-4-12(17)8-13(15)16(20)19-14-9-18-7-6-11(14)3;/h4-5,8,10-11,14,18H,6-7,9H2,1-3H3,(H,19,20);1H. The van der Waals surface area contributed by atoms with Gasteiger partial charge < -0.3 is 15.4 Å². The van der Waals surface area contributed by atoms with Crippen molar-refractivity contribution in [2.24, 2.45) is 5.92 Å². The van der Waals surface area contributed by atoms with E-state index in [2.05, 4.69) is 17.6 Å². The third-order valence-electron chi connectivity index (χ3n) is 3.69. The lowest BCUT2D eigenvalue weighted by atomic mass is 9.94. The lowest BCUT2D eigenvalue weighted by Crippen LogP contribution is -2.50. The Balaban J connectivity index is 0.00000242. The number of ether oxygens (including phenoxy) is 1. The molecule has 0 radical (unpaired) electrons. The summed E-state index contributed by atoms with van der Waals surface area (Å²) in [4.78, 5) is 12.5. The third kappa shape index (κ3) is 5.04. The molecule has 1 aliphatic heterocycles. The fraction of sp³-hybridized carbons (Fsp3) is 0.562. The van der Waals surface area contributed by atoms with Crippen LogP contribution in [0.5, 0.6) is 5.75 Å². The van der Waals surface area contributed by atoms with Crippen LogP contribution in [0.2, 0.25) is 5.02 Å². The van der Waals surface area contributed by atoms with Crippen molar-refractivity contribution in [1.29, 1.82) is 0 Å². The SMILES string of the molecule is CC(C)Oc1ccc(Cl)cc1C(=O)NC1CNCCC1C.Cl. The second-order valence-electron chi connectivity index (χ2n) is 5.86. The molecule has 1 heterocycles. The van der Waals surface area contributed by atoms with Gasteiger partial charge in [-0.2, -0.15) is 0 Å². The molecular formula is C16H24Cl2N2O2. The molecule has 1 saturated heterocycles. The van der Waals surface area contributed by atoms with Crippen molar-refractivity contribution in [3.8, 4) is 5.75 Å². The maximum Gasteiger partial charge on any atom is 0.255 e. The Kier molecular flexibility index (Phi) is 7.46. The molecule has 1 fully saturated rings. The van der Waals surface area contributed by atoms with Gasteiger partial charge in [0, 0.05) is 17.6 Å².